The van der Waals surface area contributed by atoms with E-state index in [2.05, 4.69) is 88.6 Å². The molecule has 0 aliphatic heterocycles. The maximum Gasteiger partial charge on any atom is 0.191 e. The summed E-state index contributed by atoms with van der Waals surface area (Å²) in [7, 11) is 0. The van der Waals surface area contributed by atoms with E-state index in [0.29, 0.717) is 0 Å². The van der Waals surface area contributed by atoms with Crippen molar-refractivity contribution in [2.45, 2.75) is 31.3 Å². The highest BCUT2D eigenvalue weighted by molar-refractivity contribution is 7.98. The summed E-state index contributed by atoms with van der Waals surface area (Å²) in [6, 6.07) is 29.0. The molecule has 0 saturated carbocycles. The summed E-state index contributed by atoms with van der Waals surface area (Å²) in [4.78, 5) is 9.83. The van der Waals surface area contributed by atoms with Crippen LogP contribution in [0, 0.1) is 6.92 Å². The zero-order chi connectivity index (χ0) is 25.2. The van der Waals surface area contributed by atoms with Crippen LogP contribution in [0.2, 0.25) is 0 Å². The van der Waals surface area contributed by atoms with Gasteiger partial charge in [-0.25, -0.2) is 9.97 Å². The Balaban J connectivity index is 1.33. The number of para-hydroxylation sites is 1. The van der Waals surface area contributed by atoms with E-state index in [1.165, 1.54) is 11.1 Å². The van der Waals surface area contributed by atoms with E-state index in [-0.39, 0.29) is 0 Å². The molecule has 5 nitrogen and oxygen atoms in total. The van der Waals surface area contributed by atoms with Crippen molar-refractivity contribution >= 4 is 34.0 Å². The molecule has 182 valence electrons. The van der Waals surface area contributed by atoms with E-state index >= 15 is 0 Å². The average Bonchev–Trinajstić information content (AvgIpc) is 3.59. The van der Waals surface area contributed by atoms with Crippen LogP contribution < -0.4 is 0 Å². The van der Waals surface area contributed by atoms with E-state index in [1.807, 2.05) is 30.3 Å². The summed E-state index contributed by atoms with van der Waals surface area (Å²) in [6.07, 6.45) is 0. The number of hydrogen-bond acceptors (Lipinski definition) is 6. The molecule has 0 unspecified atom stereocenters. The zero-order valence-corrected chi connectivity index (χ0v) is 22.3. The molecule has 0 radical (unpaired) electrons. The summed E-state index contributed by atoms with van der Waals surface area (Å²) in [5, 5.41) is 14.4. The molecule has 0 amide bonds. The van der Waals surface area contributed by atoms with Crippen LogP contribution in [0.15, 0.2) is 95.5 Å². The third kappa shape index (κ3) is 4.68. The molecule has 37 heavy (non-hydrogen) atoms. The number of pyridine rings is 1. The highest BCUT2D eigenvalue weighted by atomic mass is 32.2. The second-order valence-electron chi connectivity index (χ2n) is 8.74. The summed E-state index contributed by atoms with van der Waals surface area (Å²) in [6.45, 7) is 5.04. The van der Waals surface area contributed by atoms with Gasteiger partial charge in [0.2, 0.25) is 0 Å². The molecule has 7 heteroatoms. The van der Waals surface area contributed by atoms with Crippen LogP contribution in [0.25, 0.3) is 44.1 Å². The van der Waals surface area contributed by atoms with Gasteiger partial charge < -0.3 is 4.57 Å². The predicted octanol–water partition coefficient (Wildman–Crippen LogP) is 7.90. The number of aryl methyl sites for hydroxylation is 1. The van der Waals surface area contributed by atoms with E-state index in [0.717, 1.165) is 61.7 Å². The Morgan fingerprint density at radius 2 is 1.62 bits per heavy atom. The van der Waals surface area contributed by atoms with Crippen molar-refractivity contribution in [1.82, 2.24) is 24.7 Å². The fourth-order valence-electron chi connectivity index (χ4n) is 4.45. The number of nitrogens with zero attached hydrogens (tertiary/aromatic N) is 5. The van der Waals surface area contributed by atoms with Crippen LogP contribution in [-0.2, 0) is 12.3 Å². The zero-order valence-electron chi connectivity index (χ0n) is 20.6. The number of fused-ring (bicyclic) bond motifs is 1. The highest BCUT2D eigenvalue weighted by Gasteiger charge is 2.18. The maximum absolute atomic E-state index is 4.93. The van der Waals surface area contributed by atoms with Crippen molar-refractivity contribution < 1.29 is 0 Å². The Kier molecular flexibility index (Phi) is 6.55. The van der Waals surface area contributed by atoms with Crippen molar-refractivity contribution in [3.63, 3.8) is 0 Å². The minimum atomic E-state index is 0.743. The summed E-state index contributed by atoms with van der Waals surface area (Å²) >= 11 is 3.37. The summed E-state index contributed by atoms with van der Waals surface area (Å²) < 4.78 is 2.19. The van der Waals surface area contributed by atoms with E-state index < -0.39 is 0 Å². The normalized spacial score (nSPS) is 11.3. The first-order valence-corrected chi connectivity index (χ1v) is 14.1. The number of aromatic nitrogens is 5. The lowest BCUT2D eigenvalue weighted by Crippen LogP contribution is -2.01. The van der Waals surface area contributed by atoms with Crippen LogP contribution in [0.4, 0.5) is 0 Å². The fourth-order valence-corrected chi connectivity index (χ4v) is 6.36. The minimum absolute atomic E-state index is 0.743. The number of thioether (sulfide) groups is 1. The van der Waals surface area contributed by atoms with E-state index in [1.54, 1.807) is 23.1 Å². The van der Waals surface area contributed by atoms with Gasteiger partial charge in [-0.1, -0.05) is 84.6 Å². The first-order chi connectivity index (χ1) is 18.2. The van der Waals surface area contributed by atoms with Gasteiger partial charge in [0.05, 0.1) is 16.9 Å². The monoisotopic (exact) mass is 519 g/mol. The van der Waals surface area contributed by atoms with Gasteiger partial charge >= 0.3 is 0 Å². The van der Waals surface area contributed by atoms with Crippen LogP contribution in [0.1, 0.15) is 18.2 Å². The Morgan fingerprint density at radius 3 is 2.46 bits per heavy atom. The van der Waals surface area contributed by atoms with Gasteiger partial charge in [0.1, 0.15) is 5.01 Å². The first-order valence-electron chi connectivity index (χ1n) is 12.2. The fraction of sp³-hybridized carbons (Fsp3) is 0.133. The predicted molar refractivity (Wildman–Crippen MR) is 154 cm³/mol. The minimum Gasteiger partial charge on any atom is -0.302 e. The molecule has 3 heterocycles. The van der Waals surface area contributed by atoms with Crippen molar-refractivity contribution in [3.05, 3.63) is 102 Å². The van der Waals surface area contributed by atoms with E-state index in [4.69, 9.17) is 9.97 Å². The van der Waals surface area contributed by atoms with Gasteiger partial charge in [0.25, 0.3) is 0 Å². The Hall–Kier alpha value is -3.81. The molecule has 0 spiro atoms. The van der Waals surface area contributed by atoms with Crippen LogP contribution >= 0.6 is 23.1 Å². The Morgan fingerprint density at radius 1 is 0.838 bits per heavy atom. The molecule has 3 aromatic carbocycles. The van der Waals surface area contributed by atoms with Crippen LogP contribution in [0.5, 0.6) is 0 Å². The molecule has 0 aliphatic rings. The van der Waals surface area contributed by atoms with Gasteiger partial charge in [-0.2, -0.15) is 0 Å². The number of thiazole rings is 1. The SMILES string of the molecule is CCn1c(SCc2csc(-c3ccccc3C)n2)nnc1-c1cc(-c2ccccc2)nc2ccccc12. The molecule has 0 bridgehead atoms. The smallest absolute Gasteiger partial charge is 0.191 e. The molecule has 0 N–H and O–H groups in total. The number of hydrogen-bond donors (Lipinski definition) is 0. The summed E-state index contributed by atoms with van der Waals surface area (Å²) in [5.41, 5.74) is 7.50. The van der Waals surface area contributed by atoms with Crippen molar-refractivity contribution in [3.8, 4) is 33.2 Å². The molecule has 0 aliphatic carbocycles. The Bertz CT molecular complexity index is 1690. The van der Waals surface area contributed by atoms with Gasteiger partial charge in [0, 0.05) is 39.8 Å². The molecule has 3 aromatic heterocycles. The third-order valence-corrected chi connectivity index (χ3v) is 8.26. The van der Waals surface area contributed by atoms with Crippen LogP contribution in [0.3, 0.4) is 0 Å². The van der Waals surface area contributed by atoms with Crippen molar-refractivity contribution in [2.24, 2.45) is 0 Å². The molecule has 0 fully saturated rings. The van der Waals surface area contributed by atoms with Crippen LogP contribution in [-0.4, -0.2) is 24.7 Å². The topological polar surface area (TPSA) is 56.5 Å². The number of benzene rings is 3. The molecule has 0 atom stereocenters. The average molecular weight is 520 g/mol. The molecular weight excluding hydrogens is 494 g/mol. The maximum atomic E-state index is 4.93. The van der Waals surface area contributed by atoms with Gasteiger partial charge in [-0.05, 0) is 31.5 Å². The van der Waals surface area contributed by atoms with E-state index in [9.17, 15) is 0 Å². The quantitative estimate of drug-likeness (QED) is 0.201. The lowest BCUT2D eigenvalue weighted by atomic mass is 10.0. The van der Waals surface area contributed by atoms with Gasteiger partial charge in [0.15, 0.2) is 11.0 Å². The van der Waals surface area contributed by atoms with Gasteiger partial charge in [-0.3, -0.25) is 0 Å². The molecule has 6 aromatic rings. The first kappa shape index (κ1) is 23.6. The molecule has 6 rings (SSSR count). The standard InChI is InChI=1S/C30H25N5S2/c1-3-35-28(25-17-27(21-12-5-4-6-13-21)32-26-16-10-9-15-24(25)26)33-34-30(35)37-19-22-18-36-29(31-22)23-14-8-7-11-20(23)2/h4-18H,3,19H2,1-2H3. The molecule has 0 saturated heterocycles. The lowest BCUT2D eigenvalue weighted by Gasteiger charge is -2.11. The third-order valence-electron chi connectivity index (χ3n) is 6.34. The second kappa shape index (κ2) is 10.3. The highest BCUT2D eigenvalue weighted by Crippen LogP contribution is 2.34. The lowest BCUT2D eigenvalue weighted by molar-refractivity contribution is 0.687. The number of rotatable bonds is 7. The second-order valence-corrected chi connectivity index (χ2v) is 10.5. The largest absolute Gasteiger partial charge is 0.302 e. The van der Waals surface area contributed by atoms with Crippen molar-refractivity contribution in [1.29, 1.82) is 0 Å². The van der Waals surface area contributed by atoms with Gasteiger partial charge in [-0.15, -0.1) is 21.5 Å². The molecular formula is C30H25N5S2. The summed E-state index contributed by atoms with van der Waals surface area (Å²) in [5.74, 6) is 1.60. The van der Waals surface area contributed by atoms with Crippen molar-refractivity contribution in [2.75, 3.05) is 0 Å². The Labute approximate surface area is 224 Å².